The van der Waals surface area contributed by atoms with Gasteiger partial charge in [0.1, 0.15) is 11.5 Å². The zero-order chi connectivity index (χ0) is 12.3. The fourth-order valence-corrected chi connectivity index (χ4v) is 2.43. The molecule has 0 saturated carbocycles. The third-order valence-electron chi connectivity index (χ3n) is 3.39. The minimum absolute atomic E-state index is 0.306. The Balaban J connectivity index is 2.17. The van der Waals surface area contributed by atoms with E-state index >= 15 is 0 Å². The molecule has 90 valence electrons. The summed E-state index contributed by atoms with van der Waals surface area (Å²) in [5.41, 5.74) is 1.25. The van der Waals surface area contributed by atoms with E-state index in [1.165, 1.54) is 5.56 Å². The molecule has 0 saturated heterocycles. The molecule has 2 unspecified atom stereocenters. The predicted molar refractivity (Wildman–Crippen MR) is 69.1 cm³/mol. The molecule has 0 amide bonds. The number of rotatable bonds is 3. The lowest BCUT2D eigenvalue weighted by Crippen LogP contribution is -2.11. The molecule has 0 bridgehead atoms. The van der Waals surface area contributed by atoms with Crippen LogP contribution in [-0.2, 0) is 0 Å². The largest absolute Gasteiger partial charge is 0.508 e. The molecule has 0 heterocycles. The molecule has 2 rings (SSSR count). The first-order chi connectivity index (χ1) is 8.20. The highest BCUT2D eigenvalue weighted by Gasteiger charge is 2.20. The molecule has 0 fully saturated rings. The molecule has 17 heavy (non-hydrogen) atoms. The summed E-state index contributed by atoms with van der Waals surface area (Å²) >= 11 is 0. The first-order valence-corrected chi connectivity index (χ1v) is 6.07. The third kappa shape index (κ3) is 2.70. The molecule has 2 nitrogen and oxygen atoms in total. The van der Waals surface area contributed by atoms with E-state index in [-0.39, 0.29) is 0 Å². The minimum atomic E-state index is 0.306. The van der Waals surface area contributed by atoms with Crippen LogP contribution in [0.3, 0.4) is 0 Å². The summed E-state index contributed by atoms with van der Waals surface area (Å²) in [4.78, 5) is 0. The van der Waals surface area contributed by atoms with Crippen molar-refractivity contribution in [1.82, 2.24) is 0 Å². The zero-order valence-electron chi connectivity index (χ0n) is 10.0. The van der Waals surface area contributed by atoms with Gasteiger partial charge in [0.05, 0.1) is 0 Å². The predicted octanol–water partition coefficient (Wildman–Crippen LogP) is 3.90. The minimum Gasteiger partial charge on any atom is -0.508 e. The van der Waals surface area contributed by atoms with Gasteiger partial charge >= 0.3 is 0 Å². The maximum Gasteiger partial charge on any atom is 0.115 e. The van der Waals surface area contributed by atoms with Crippen molar-refractivity contribution in [3.05, 3.63) is 53.8 Å². The summed E-state index contributed by atoms with van der Waals surface area (Å²) in [6.07, 6.45) is 7.65. The SMILES string of the molecule is CCC(c1ccc(O)cc1)C1C=CC(O)=CC1. The van der Waals surface area contributed by atoms with Crippen LogP contribution < -0.4 is 0 Å². The lowest BCUT2D eigenvalue weighted by atomic mass is 9.80. The van der Waals surface area contributed by atoms with Crippen molar-refractivity contribution in [2.75, 3.05) is 0 Å². The average Bonchev–Trinajstić information content (AvgIpc) is 2.35. The molecule has 0 radical (unpaired) electrons. The van der Waals surface area contributed by atoms with Gasteiger partial charge in [-0.2, -0.15) is 0 Å². The Morgan fingerprint density at radius 1 is 1.24 bits per heavy atom. The Morgan fingerprint density at radius 3 is 2.47 bits per heavy atom. The highest BCUT2D eigenvalue weighted by Crippen LogP contribution is 2.34. The van der Waals surface area contributed by atoms with Crippen LogP contribution in [0.15, 0.2) is 48.3 Å². The van der Waals surface area contributed by atoms with Gasteiger partial charge < -0.3 is 10.2 Å². The monoisotopic (exact) mass is 230 g/mol. The van der Waals surface area contributed by atoms with Crippen molar-refractivity contribution >= 4 is 0 Å². The van der Waals surface area contributed by atoms with Crippen LogP contribution in [0.4, 0.5) is 0 Å². The number of aromatic hydroxyl groups is 1. The molecule has 1 aromatic rings. The molecule has 0 aliphatic heterocycles. The van der Waals surface area contributed by atoms with Gasteiger partial charge in [0.2, 0.25) is 0 Å². The highest BCUT2D eigenvalue weighted by atomic mass is 16.3. The highest BCUT2D eigenvalue weighted by molar-refractivity contribution is 5.30. The normalized spacial score (nSPS) is 21.0. The molecule has 1 aliphatic rings. The average molecular weight is 230 g/mol. The second-order valence-corrected chi connectivity index (χ2v) is 4.49. The molecule has 1 aromatic carbocycles. The van der Waals surface area contributed by atoms with Crippen molar-refractivity contribution < 1.29 is 10.2 Å². The van der Waals surface area contributed by atoms with E-state index in [0.717, 1.165) is 12.8 Å². The summed E-state index contributed by atoms with van der Waals surface area (Å²) in [7, 11) is 0. The number of aliphatic hydroxyl groups excluding tert-OH is 1. The Kier molecular flexibility index (Phi) is 3.52. The number of benzene rings is 1. The van der Waals surface area contributed by atoms with Crippen LogP contribution in [0.5, 0.6) is 5.75 Å². The maximum atomic E-state index is 9.33. The van der Waals surface area contributed by atoms with Crippen LogP contribution in [0.25, 0.3) is 0 Å². The van der Waals surface area contributed by atoms with E-state index in [1.54, 1.807) is 18.2 Å². The van der Waals surface area contributed by atoms with Crippen molar-refractivity contribution in [3.8, 4) is 5.75 Å². The molecule has 2 N–H and O–H groups in total. The zero-order valence-corrected chi connectivity index (χ0v) is 10.0. The van der Waals surface area contributed by atoms with Gasteiger partial charge in [-0.15, -0.1) is 0 Å². The fraction of sp³-hybridized carbons (Fsp3) is 0.333. The van der Waals surface area contributed by atoms with Crippen LogP contribution in [-0.4, -0.2) is 10.2 Å². The number of phenolic OH excluding ortho intramolecular Hbond substituents is 1. The van der Waals surface area contributed by atoms with Crippen molar-refractivity contribution in [2.24, 2.45) is 5.92 Å². The standard InChI is InChI=1S/C15H18O2/c1-2-15(11-3-7-13(16)8-4-11)12-5-9-14(17)10-6-12/h3-5,7-10,12,15-17H,2,6H2,1H3. The van der Waals surface area contributed by atoms with E-state index in [9.17, 15) is 10.2 Å². The number of hydrogen-bond donors (Lipinski definition) is 2. The molecule has 2 heteroatoms. The van der Waals surface area contributed by atoms with Gasteiger partial charge in [-0.1, -0.05) is 25.1 Å². The number of hydrogen-bond acceptors (Lipinski definition) is 2. The van der Waals surface area contributed by atoms with E-state index in [4.69, 9.17) is 0 Å². The Morgan fingerprint density at radius 2 is 1.94 bits per heavy atom. The van der Waals surface area contributed by atoms with Crippen LogP contribution in [0, 0.1) is 5.92 Å². The maximum absolute atomic E-state index is 9.33. The van der Waals surface area contributed by atoms with Gasteiger partial charge in [0.15, 0.2) is 0 Å². The quantitative estimate of drug-likeness (QED) is 0.826. The van der Waals surface area contributed by atoms with Crippen molar-refractivity contribution in [3.63, 3.8) is 0 Å². The van der Waals surface area contributed by atoms with Crippen molar-refractivity contribution in [1.29, 1.82) is 0 Å². The smallest absolute Gasteiger partial charge is 0.115 e. The second-order valence-electron chi connectivity index (χ2n) is 4.49. The van der Waals surface area contributed by atoms with E-state index < -0.39 is 0 Å². The first kappa shape index (κ1) is 11.8. The molecular formula is C15H18O2. The molecule has 2 atom stereocenters. The lowest BCUT2D eigenvalue weighted by molar-refractivity contribution is 0.410. The number of aliphatic hydroxyl groups is 1. The Labute approximate surface area is 102 Å². The first-order valence-electron chi connectivity index (χ1n) is 6.07. The Bertz CT molecular complexity index is 429. The van der Waals surface area contributed by atoms with Crippen LogP contribution >= 0.6 is 0 Å². The van der Waals surface area contributed by atoms with Crippen LogP contribution in [0.2, 0.25) is 0 Å². The molecule has 0 spiro atoms. The lowest BCUT2D eigenvalue weighted by Gasteiger charge is -2.25. The third-order valence-corrected chi connectivity index (χ3v) is 3.39. The molecule has 0 aromatic heterocycles. The summed E-state index contributed by atoms with van der Waals surface area (Å²) in [5.74, 6) is 1.54. The molecule has 1 aliphatic carbocycles. The summed E-state index contributed by atoms with van der Waals surface area (Å²) in [5, 5.41) is 18.6. The van der Waals surface area contributed by atoms with Gasteiger partial charge in [0.25, 0.3) is 0 Å². The van der Waals surface area contributed by atoms with Crippen molar-refractivity contribution in [2.45, 2.75) is 25.7 Å². The summed E-state index contributed by atoms with van der Waals surface area (Å²) in [6.45, 7) is 2.17. The van der Waals surface area contributed by atoms with E-state index in [2.05, 4.69) is 13.0 Å². The van der Waals surface area contributed by atoms with Gasteiger partial charge in [0, 0.05) is 0 Å². The number of allylic oxidation sites excluding steroid dienone is 3. The summed E-state index contributed by atoms with van der Waals surface area (Å²) in [6, 6.07) is 7.43. The molecular weight excluding hydrogens is 212 g/mol. The summed E-state index contributed by atoms with van der Waals surface area (Å²) < 4.78 is 0. The van der Waals surface area contributed by atoms with E-state index in [0.29, 0.717) is 23.3 Å². The van der Waals surface area contributed by atoms with Crippen LogP contribution in [0.1, 0.15) is 31.2 Å². The van der Waals surface area contributed by atoms with Gasteiger partial charge in [-0.3, -0.25) is 0 Å². The van der Waals surface area contributed by atoms with Gasteiger partial charge in [-0.25, -0.2) is 0 Å². The second kappa shape index (κ2) is 5.09. The van der Waals surface area contributed by atoms with Gasteiger partial charge in [-0.05, 0) is 54.5 Å². The number of phenols is 1. The fourth-order valence-electron chi connectivity index (χ4n) is 2.43. The Hall–Kier alpha value is -1.70. The topological polar surface area (TPSA) is 40.5 Å². The van der Waals surface area contributed by atoms with E-state index in [1.807, 2.05) is 18.2 Å².